The fourth-order valence-corrected chi connectivity index (χ4v) is 4.58. The van der Waals surface area contributed by atoms with Gasteiger partial charge in [0, 0.05) is 36.2 Å². The number of hydrogen-bond donors (Lipinski definition) is 1. The van der Waals surface area contributed by atoms with Crippen LogP contribution in [0.15, 0.2) is 66.7 Å². The van der Waals surface area contributed by atoms with Gasteiger partial charge >= 0.3 is 0 Å². The number of ether oxygens (including phenoxy) is 2. The minimum atomic E-state index is 0.00393. The average molecular weight is 471 g/mol. The van der Waals surface area contributed by atoms with Gasteiger partial charge in [0.05, 0.1) is 12.6 Å². The molecule has 0 aromatic heterocycles. The number of piperazine rings is 1. The molecule has 3 aromatic rings. The fraction of sp³-hybridized carbons (Fsp3) is 0.308. The van der Waals surface area contributed by atoms with Crippen molar-refractivity contribution in [2.45, 2.75) is 19.6 Å². The van der Waals surface area contributed by atoms with Crippen molar-refractivity contribution in [1.29, 1.82) is 0 Å². The van der Waals surface area contributed by atoms with E-state index in [9.17, 15) is 0 Å². The Labute approximate surface area is 200 Å². The highest BCUT2D eigenvalue weighted by atomic mass is 35.5. The first-order chi connectivity index (χ1) is 15.7. The van der Waals surface area contributed by atoms with Gasteiger partial charge < -0.3 is 14.8 Å². The molecule has 6 heteroatoms. The van der Waals surface area contributed by atoms with Gasteiger partial charge in [-0.3, -0.25) is 4.90 Å². The van der Waals surface area contributed by atoms with Gasteiger partial charge in [0.25, 0.3) is 0 Å². The number of halogens is 2. The normalized spacial score (nSPS) is 15.3. The molecule has 168 valence electrons. The van der Waals surface area contributed by atoms with Crippen molar-refractivity contribution >= 4 is 23.2 Å². The third kappa shape index (κ3) is 5.57. The van der Waals surface area contributed by atoms with Gasteiger partial charge in [-0.15, -0.1) is 0 Å². The van der Waals surface area contributed by atoms with Crippen molar-refractivity contribution in [3.63, 3.8) is 0 Å². The van der Waals surface area contributed by atoms with Crippen LogP contribution >= 0.6 is 23.2 Å². The van der Waals surface area contributed by atoms with E-state index in [1.54, 1.807) is 0 Å². The highest BCUT2D eigenvalue weighted by Crippen LogP contribution is 2.39. The molecule has 3 aromatic carbocycles. The van der Waals surface area contributed by atoms with Crippen molar-refractivity contribution in [3.05, 3.63) is 93.5 Å². The van der Waals surface area contributed by atoms with E-state index < -0.39 is 0 Å². The van der Waals surface area contributed by atoms with Crippen molar-refractivity contribution < 1.29 is 9.47 Å². The zero-order valence-corrected chi connectivity index (χ0v) is 19.7. The number of nitrogens with zero attached hydrogens (tertiary/aromatic N) is 1. The standard InChI is InChI=1S/C26H28Cl2N2O2/c1-2-31-25-16-20(8-11-24(25)32-18-19-6-4-3-5-7-19)26(30-14-12-29-13-15-30)22-10-9-21(27)17-23(22)28/h3-11,16-17,26,29H,2,12-15,18H2,1H3. The second-order valence-electron chi connectivity index (χ2n) is 7.77. The number of hydrogen-bond acceptors (Lipinski definition) is 4. The van der Waals surface area contributed by atoms with Crippen LogP contribution in [0.4, 0.5) is 0 Å². The third-order valence-electron chi connectivity index (χ3n) is 5.59. The number of rotatable bonds is 8. The second kappa shape index (κ2) is 11.1. The SMILES string of the molecule is CCOc1cc(C(c2ccc(Cl)cc2Cl)N2CCNCC2)ccc1OCc1ccccc1. The maximum absolute atomic E-state index is 6.66. The van der Waals surface area contributed by atoms with Gasteiger partial charge in [-0.2, -0.15) is 0 Å². The van der Waals surface area contributed by atoms with Crippen molar-refractivity contribution in [2.24, 2.45) is 0 Å². The Morgan fingerprint density at radius 1 is 0.906 bits per heavy atom. The summed E-state index contributed by atoms with van der Waals surface area (Å²) in [4.78, 5) is 2.45. The van der Waals surface area contributed by atoms with Crippen molar-refractivity contribution in [1.82, 2.24) is 10.2 Å². The Bertz CT molecular complexity index is 1020. The predicted octanol–water partition coefficient (Wildman–Crippen LogP) is 5.97. The fourth-order valence-electron chi connectivity index (χ4n) is 4.07. The molecule has 4 nitrogen and oxygen atoms in total. The van der Waals surface area contributed by atoms with Crippen LogP contribution in [-0.2, 0) is 6.61 Å². The zero-order valence-electron chi connectivity index (χ0n) is 18.2. The highest BCUT2D eigenvalue weighted by Gasteiger charge is 2.27. The Morgan fingerprint density at radius 2 is 1.69 bits per heavy atom. The Morgan fingerprint density at radius 3 is 2.41 bits per heavy atom. The molecule has 32 heavy (non-hydrogen) atoms. The molecule has 1 aliphatic rings. The maximum atomic E-state index is 6.66. The molecule has 0 bridgehead atoms. The molecule has 1 heterocycles. The van der Waals surface area contributed by atoms with Crippen LogP contribution in [0.5, 0.6) is 11.5 Å². The van der Waals surface area contributed by atoms with Crippen molar-refractivity contribution in [3.8, 4) is 11.5 Å². The van der Waals surface area contributed by atoms with E-state index in [4.69, 9.17) is 32.7 Å². The van der Waals surface area contributed by atoms with Gasteiger partial charge in [-0.1, -0.05) is 65.7 Å². The summed E-state index contributed by atoms with van der Waals surface area (Å²) < 4.78 is 12.1. The molecule has 1 unspecified atom stereocenters. The summed E-state index contributed by atoms with van der Waals surface area (Å²) in [7, 11) is 0. The number of benzene rings is 3. The summed E-state index contributed by atoms with van der Waals surface area (Å²) in [6.07, 6.45) is 0. The minimum absolute atomic E-state index is 0.00393. The maximum Gasteiger partial charge on any atom is 0.161 e. The molecular formula is C26H28Cl2N2O2. The van der Waals surface area contributed by atoms with E-state index in [-0.39, 0.29) is 6.04 Å². The first-order valence-corrected chi connectivity index (χ1v) is 11.7. The first-order valence-electron chi connectivity index (χ1n) is 11.0. The van der Waals surface area contributed by atoms with Crippen LogP contribution in [0.1, 0.15) is 29.7 Å². The molecule has 0 spiro atoms. The summed E-state index contributed by atoms with van der Waals surface area (Å²) >= 11 is 12.8. The van der Waals surface area contributed by atoms with E-state index in [1.807, 2.05) is 49.4 Å². The number of nitrogens with one attached hydrogen (secondary N) is 1. The first kappa shape index (κ1) is 22.9. The molecule has 1 aliphatic heterocycles. The second-order valence-corrected chi connectivity index (χ2v) is 8.61. The summed E-state index contributed by atoms with van der Waals surface area (Å²) in [6, 6.07) is 22.1. The summed E-state index contributed by atoms with van der Waals surface area (Å²) in [6.45, 7) is 6.78. The van der Waals surface area contributed by atoms with Crippen LogP contribution in [-0.4, -0.2) is 37.7 Å². The smallest absolute Gasteiger partial charge is 0.161 e. The lowest BCUT2D eigenvalue weighted by Crippen LogP contribution is -2.45. The molecule has 0 aliphatic carbocycles. The van der Waals surface area contributed by atoms with Crippen LogP contribution in [0.25, 0.3) is 0 Å². The minimum Gasteiger partial charge on any atom is -0.490 e. The van der Waals surface area contributed by atoms with Gasteiger partial charge in [0.15, 0.2) is 11.5 Å². The van der Waals surface area contributed by atoms with Crippen LogP contribution < -0.4 is 14.8 Å². The molecule has 0 amide bonds. The van der Waals surface area contributed by atoms with Gasteiger partial charge in [0.1, 0.15) is 6.61 Å². The lowest BCUT2D eigenvalue weighted by atomic mass is 9.96. The Balaban J connectivity index is 1.67. The van der Waals surface area contributed by atoms with Gasteiger partial charge in [-0.25, -0.2) is 0 Å². The largest absolute Gasteiger partial charge is 0.490 e. The summed E-state index contributed by atoms with van der Waals surface area (Å²) in [5, 5.41) is 4.74. The average Bonchev–Trinajstić information content (AvgIpc) is 2.82. The molecule has 1 atom stereocenters. The van der Waals surface area contributed by atoms with E-state index in [1.165, 1.54) is 0 Å². The monoisotopic (exact) mass is 470 g/mol. The molecule has 0 radical (unpaired) electrons. The molecule has 0 saturated carbocycles. The lowest BCUT2D eigenvalue weighted by Gasteiger charge is -2.36. The van der Waals surface area contributed by atoms with E-state index in [0.29, 0.717) is 23.3 Å². The van der Waals surface area contributed by atoms with E-state index in [0.717, 1.165) is 54.4 Å². The molecule has 1 N–H and O–H groups in total. The van der Waals surface area contributed by atoms with Crippen LogP contribution in [0, 0.1) is 0 Å². The molecule has 4 rings (SSSR count). The van der Waals surface area contributed by atoms with E-state index in [2.05, 4.69) is 34.5 Å². The van der Waals surface area contributed by atoms with Crippen LogP contribution in [0.2, 0.25) is 10.0 Å². The molecule has 1 fully saturated rings. The van der Waals surface area contributed by atoms with Crippen LogP contribution in [0.3, 0.4) is 0 Å². The zero-order chi connectivity index (χ0) is 22.3. The third-order valence-corrected chi connectivity index (χ3v) is 6.16. The lowest BCUT2D eigenvalue weighted by molar-refractivity contribution is 0.197. The Hall–Kier alpha value is -2.24. The Kier molecular flexibility index (Phi) is 7.93. The predicted molar refractivity (Wildman–Crippen MR) is 131 cm³/mol. The highest BCUT2D eigenvalue weighted by molar-refractivity contribution is 6.35. The quantitative estimate of drug-likeness (QED) is 0.439. The van der Waals surface area contributed by atoms with Crippen molar-refractivity contribution in [2.75, 3.05) is 32.8 Å². The van der Waals surface area contributed by atoms with E-state index >= 15 is 0 Å². The summed E-state index contributed by atoms with van der Waals surface area (Å²) in [5.41, 5.74) is 3.27. The molecular weight excluding hydrogens is 443 g/mol. The van der Waals surface area contributed by atoms with Gasteiger partial charge in [-0.05, 0) is 47.9 Å². The topological polar surface area (TPSA) is 33.7 Å². The molecule has 1 saturated heterocycles. The summed E-state index contributed by atoms with van der Waals surface area (Å²) in [5.74, 6) is 1.48. The van der Waals surface area contributed by atoms with Gasteiger partial charge in [0.2, 0.25) is 0 Å².